The van der Waals surface area contributed by atoms with Crippen molar-refractivity contribution >= 4 is 23.9 Å². The first-order valence-electron chi connectivity index (χ1n) is 13.7. The number of amides is 3. The largest absolute Gasteiger partial charge is 0.481 e. The maximum Gasteiger partial charge on any atom is 0.409 e. The maximum absolute atomic E-state index is 13.5. The van der Waals surface area contributed by atoms with Gasteiger partial charge in [-0.25, -0.2) is 14.8 Å². The fraction of sp³-hybridized carbons (Fsp3) is 0.500. The molecule has 1 aromatic heterocycles. The molecule has 12 heteroatoms. The third-order valence-electron chi connectivity index (χ3n) is 7.00. The predicted molar refractivity (Wildman–Crippen MR) is 145 cm³/mol. The summed E-state index contributed by atoms with van der Waals surface area (Å²) in [6.07, 6.45) is 1.43. The van der Waals surface area contributed by atoms with Gasteiger partial charge in [0, 0.05) is 44.7 Å². The molecule has 0 saturated carbocycles. The van der Waals surface area contributed by atoms with Crippen LogP contribution < -0.4 is 5.32 Å². The lowest BCUT2D eigenvalue weighted by Crippen LogP contribution is -2.56. The monoisotopic (exact) mass is 552 g/mol. The van der Waals surface area contributed by atoms with Crippen molar-refractivity contribution in [1.29, 1.82) is 0 Å². The second-order valence-corrected chi connectivity index (χ2v) is 9.89. The number of nitrogens with one attached hydrogen (secondary N) is 1. The molecule has 3 heterocycles. The summed E-state index contributed by atoms with van der Waals surface area (Å²) in [6, 6.07) is 9.93. The van der Waals surface area contributed by atoms with Gasteiger partial charge < -0.3 is 25.0 Å². The molecule has 2 fully saturated rings. The maximum atomic E-state index is 13.5. The van der Waals surface area contributed by atoms with Crippen molar-refractivity contribution < 1.29 is 29.0 Å². The Hall–Kier alpha value is -4.06. The van der Waals surface area contributed by atoms with Crippen LogP contribution in [0.2, 0.25) is 0 Å². The molecule has 2 aliphatic heterocycles. The van der Waals surface area contributed by atoms with Gasteiger partial charge in [0.05, 0.1) is 12.3 Å². The first-order chi connectivity index (χ1) is 19.3. The highest BCUT2D eigenvalue weighted by atomic mass is 16.6. The first kappa shape index (κ1) is 28.9. The zero-order valence-electron chi connectivity index (χ0n) is 22.8. The summed E-state index contributed by atoms with van der Waals surface area (Å²) in [4.78, 5) is 64.8. The van der Waals surface area contributed by atoms with Gasteiger partial charge in [0.1, 0.15) is 11.7 Å². The number of carboxylic acid groups (broad SMARTS) is 1. The topological polar surface area (TPSA) is 145 Å². The summed E-state index contributed by atoms with van der Waals surface area (Å²) in [5.74, 6) is -1.63. The molecular formula is C28H36N6O6. The van der Waals surface area contributed by atoms with Crippen LogP contribution in [0.3, 0.4) is 0 Å². The minimum atomic E-state index is -1.07. The minimum absolute atomic E-state index is 0.0741. The molecule has 2 saturated heterocycles. The third kappa shape index (κ3) is 7.75. The standard InChI is InChI=1S/C28H36N6O6/c1-2-40-28(39)34-16-14-33(15-17-34)27(38)22(10-11-24(35)36)31-26(37)23-18-21(19-32-12-6-7-13-32)29-25(30-23)20-8-4-3-5-9-20/h3-5,8-9,18,22H,2,6-7,10-17,19H2,1H3,(H,31,37)(H,35,36)/t22-/m0/s1. The van der Waals surface area contributed by atoms with Crippen LogP contribution in [0.5, 0.6) is 0 Å². The summed E-state index contributed by atoms with van der Waals surface area (Å²) >= 11 is 0. The lowest BCUT2D eigenvalue weighted by atomic mass is 10.1. The van der Waals surface area contributed by atoms with Crippen LogP contribution in [-0.2, 0) is 20.9 Å². The third-order valence-corrected chi connectivity index (χ3v) is 7.00. The van der Waals surface area contributed by atoms with E-state index < -0.39 is 29.9 Å². The molecule has 0 bridgehead atoms. The van der Waals surface area contributed by atoms with Gasteiger partial charge in [-0.1, -0.05) is 30.3 Å². The molecule has 0 unspecified atom stereocenters. The number of hydrogen-bond acceptors (Lipinski definition) is 8. The number of ether oxygens (including phenoxy) is 1. The van der Waals surface area contributed by atoms with Crippen LogP contribution in [-0.4, -0.2) is 106 Å². The molecule has 0 spiro atoms. The number of carboxylic acids is 1. The molecule has 0 aliphatic carbocycles. The zero-order chi connectivity index (χ0) is 28.5. The Kier molecular flexibility index (Phi) is 10.0. The van der Waals surface area contributed by atoms with Gasteiger partial charge in [0.2, 0.25) is 5.91 Å². The average Bonchev–Trinajstić information content (AvgIpc) is 3.48. The Bertz CT molecular complexity index is 1200. The van der Waals surface area contributed by atoms with E-state index >= 15 is 0 Å². The summed E-state index contributed by atoms with van der Waals surface area (Å²) in [5, 5.41) is 12.0. The van der Waals surface area contributed by atoms with Crippen molar-refractivity contribution in [2.45, 2.75) is 45.2 Å². The molecular weight excluding hydrogens is 516 g/mol. The van der Waals surface area contributed by atoms with Crippen molar-refractivity contribution in [3.63, 3.8) is 0 Å². The molecule has 4 rings (SSSR count). The fourth-order valence-corrected chi connectivity index (χ4v) is 4.88. The van der Waals surface area contributed by atoms with E-state index in [1.807, 2.05) is 30.3 Å². The van der Waals surface area contributed by atoms with Crippen LogP contribution in [0.4, 0.5) is 4.79 Å². The number of piperazine rings is 1. The first-order valence-corrected chi connectivity index (χ1v) is 13.7. The van der Waals surface area contributed by atoms with Gasteiger partial charge >= 0.3 is 12.1 Å². The van der Waals surface area contributed by atoms with Crippen LogP contribution in [0.1, 0.15) is 48.8 Å². The highest BCUT2D eigenvalue weighted by Crippen LogP contribution is 2.19. The van der Waals surface area contributed by atoms with Gasteiger partial charge in [-0.05, 0) is 45.3 Å². The van der Waals surface area contributed by atoms with Crippen molar-refractivity contribution in [3.05, 3.63) is 47.8 Å². The molecule has 1 aromatic carbocycles. The second kappa shape index (κ2) is 13.8. The SMILES string of the molecule is CCOC(=O)N1CCN(C(=O)[C@H](CCC(=O)O)NC(=O)c2cc(CN3CCCC3)nc(-c3ccccc3)n2)CC1. The Morgan fingerprint density at radius 2 is 1.65 bits per heavy atom. The van der Waals surface area contributed by atoms with Crippen LogP contribution in [0, 0.1) is 0 Å². The molecule has 12 nitrogen and oxygen atoms in total. The van der Waals surface area contributed by atoms with Crippen molar-refractivity contribution in [1.82, 2.24) is 30.0 Å². The number of benzene rings is 1. The summed E-state index contributed by atoms with van der Waals surface area (Å²) < 4.78 is 5.03. The molecule has 2 aliphatic rings. The smallest absolute Gasteiger partial charge is 0.409 e. The molecule has 0 radical (unpaired) electrons. The Balaban J connectivity index is 1.52. The quantitative estimate of drug-likeness (QED) is 0.452. The minimum Gasteiger partial charge on any atom is -0.481 e. The molecule has 1 atom stereocenters. The lowest BCUT2D eigenvalue weighted by Gasteiger charge is -2.35. The van der Waals surface area contributed by atoms with Crippen LogP contribution in [0.15, 0.2) is 36.4 Å². The molecule has 40 heavy (non-hydrogen) atoms. The van der Waals surface area contributed by atoms with Gasteiger partial charge in [0.15, 0.2) is 5.82 Å². The molecule has 214 valence electrons. The van der Waals surface area contributed by atoms with E-state index in [1.54, 1.807) is 13.0 Å². The summed E-state index contributed by atoms with van der Waals surface area (Å²) in [7, 11) is 0. The number of nitrogens with zero attached hydrogens (tertiary/aromatic N) is 5. The van der Waals surface area contributed by atoms with Gasteiger partial charge in [0.25, 0.3) is 5.91 Å². The average molecular weight is 553 g/mol. The van der Waals surface area contributed by atoms with E-state index in [0.29, 0.717) is 18.1 Å². The normalized spacial score (nSPS) is 16.4. The number of rotatable bonds is 10. The number of hydrogen-bond donors (Lipinski definition) is 2. The predicted octanol–water partition coefficient (Wildman–Crippen LogP) is 2.00. The number of aromatic nitrogens is 2. The molecule has 2 aromatic rings. The number of carbonyl (C=O) groups is 4. The van der Waals surface area contributed by atoms with E-state index in [-0.39, 0.29) is 51.3 Å². The van der Waals surface area contributed by atoms with Crippen LogP contribution >= 0.6 is 0 Å². The van der Waals surface area contributed by atoms with Gasteiger partial charge in [-0.3, -0.25) is 19.3 Å². The number of aliphatic carboxylic acids is 1. The Morgan fingerprint density at radius 1 is 0.975 bits per heavy atom. The van der Waals surface area contributed by atoms with Crippen molar-refractivity contribution in [3.8, 4) is 11.4 Å². The number of carbonyl (C=O) groups excluding carboxylic acids is 3. The Labute approximate surface area is 233 Å². The van der Waals surface area contributed by atoms with Gasteiger partial charge in [-0.2, -0.15) is 0 Å². The van der Waals surface area contributed by atoms with Crippen molar-refractivity contribution in [2.75, 3.05) is 45.9 Å². The summed E-state index contributed by atoms with van der Waals surface area (Å²) in [6.45, 7) is 5.56. The van der Waals surface area contributed by atoms with E-state index in [2.05, 4.69) is 15.2 Å². The second-order valence-electron chi connectivity index (χ2n) is 9.89. The highest BCUT2D eigenvalue weighted by Gasteiger charge is 2.31. The Morgan fingerprint density at radius 3 is 2.30 bits per heavy atom. The van der Waals surface area contributed by atoms with E-state index in [0.717, 1.165) is 31.5 Å². The zero-order valence-corrected chi connectivity index (χ0v) is 22.8. The lowest BCUT2D eigenvalue weighted by molar-refractivity contribution is -0.138. The highest BCUT2D eigenvalue weighted by molar-refractivity contribution is 5.96. The molecule has 2 N–H and O–H groups in total. The van der Waals surface area contributed by atoms with Crippen molar-refractivity contribution in [2.24, 2.45) is 0 Å². The fourth-order valence-electron chi connectivity index (χ4n) is 4.88. The van der Waals surface area contributed by atoms with E-state index in [9.17, 15) is 24.3 Å². The van der Waals surface area contributed by atoms with Gasteiger partial charge in [-0.15, -0.1) is 0 Å². The van der Waals surface area contributed by atoms with Crippen LogP contribution in [0.25, 0.3) is 11.4 Å². The molecule has 3 amide bonds. The summed E-state index contributed by atoms with van der Waals surface area (Å²) in [5.41, 5.74) is 1.57. The van der Waals surface area contributed by atoms with E-state index in [4.69, 9.17) is 9.72 Å². The number of likely N-dealkylation sites (tertiary alicyclic amines) is 1. The van der Waals surface area contributed by atoms with E-state index in [1.165, 1.54) is 9.80 Å².